The van der Waals surface area contributed by atoms with E-state index in [0.29, 0.717) is 10.8 Å². The van der Waals surface area contributed by atoms with Crippen LogP contribution in [0.25, 0.3) is 0 Å². The molecule has 0 atom stereocenters. The summed E-state index contributed by atoms with van der Waals surface area (Å²) in [5.41, 5.74) is 0.387. The molecule has 0 saturated heterocycles. The monoisotopic (exact) mass is 376 g/mol. The molecule has 0 unspecified atom stereocenters. The zero-order valence-electron chi connectivity index (χ0n) is 12.9. The van der Waals surface area contributed by atoms with Gasteiger partial charge in [-0.15, -0.1) is 10.2 Å². The SMILES string of the molecule is CC(C)n1cnnc1SCC(=O)Nc1ccc(OC(F)F)c(Cl)c1. The number of hydrogen-bond acceptors (Lipinski definition) is 5. The number of ether oxygens (including phenoxy) is 1. The Balaban J connectivity index is 1.92. The molecule has 0 fully saturated rings. The van der Waals surface area contributed by atoms with Gasteiger partial charge >= 0.3 is 6.61 Å². The number of carbonyl (C=O) groups is 1. The summed E-state index contributed by atoms with van der Waals surface area (Å²) in [6.07, 6.45) is 1.60. The number of amides is 1. The van der Waals surface area contributed by atoms with Gasteiger partial charge < -0.3 is 14.6 Å². The van der Waals surface area contributed by atoms with Crippen molar-refractivity contribution in [2.45, 2.75) is 31.7 Å². The van der Waals surface area contributed by atoms with Crippen LogP contribution in [0.5, 0.6) is 5.75 Å². The number of anilines is 1. The summed E-state index contributed by atoms with van der Waals surface area (Å²) in [7, 11) is 0. The van der Waals surface area contributed by atoms with Crippen molar-refractivity contribution in [3.63, 3.8) is 0 Å². The van der Waals surface area contributed by atoms with Crippen molar-refractivity contribution in [3.8, 4) is 5.75 Å². The molecule has 0 aliphatic rings. The van der Waals surface area contributed by atoms with Gasteiger partial charge in [-0.25, -0.2) is 0 Å². The molecule has 0 saturated carbocycles. The second kappa shape index (κ2) is 8.29. The van der Waals surface area contributed by atoms with Gasteiger partial charge in [0, 0.05) is 11.7 Å². The Labute approximate surface area is 146 Å². The van der Waals surface area contributed by atoms with E-state index in [-0.39, 0.29) is 28.5 Å². The predicted octanol–water partition coefficient (Wildman–Crippen LogP) is 3.84. The molecule has 0 radical (unpaired) electrons. The lowest BCUT2D eigenvalue weighted by atomic mass is 10.3. The number of nitrogens with one attached hydrogen (secondary N) is 1. The molecule has 0 aliphatic carbocycles. The van der Waals surface area contributed by atoms with Crippen LogP contribution in [-0.4, -0.2) is 33.0 Å². The van der Waals surface area contributed by atoms with Crippen LogP contribution >= 0.6 is 23.4 Å². The van der Waals surface area contributed by atoms with Crippen molar-refractivity contribution in [2.24, 2.45) is 0 Å². The van der Waals surface area contributed by atoms with Gasteiger partial charge in [0.15, 0.2) is 5.16 Å². The number of benzene rings is 1. The van der Waals surface area contributed by atoms with Gasteiger partial charge in [0.05, 0.1) is 10.8 Å². The maximum absolute atomic E-state index is 12.2. The van der Waals surface area contributed by atoms with Crippen molar-refractivity contribution in [2.75, 3.05) is 11.1 Å². The molecule has 1 N–H and O–H groups in total. The van der Waals surface area contributed by atoms with Crippen molar-refractivity contribution in [3.05, 3.63) is 29.5 Å². The quantitative estimate of drug-likeness (QED) is 0.743. The van der Waals surface area contributed by atoms with Crippen molar-refractivity contribution in [1.82, 2.24) is 14.8 Å². The van der Waals surface area contributed by atoms with Crippen LogP contribution in [0.4, 0.5) is 14.5 Å². The highest BCUT2D eigenvalue weighted by Gasteiger charge is 2.13. The highest BCUT2D eigenvalue weighted by molar-refractivity contribution is 7.99. The molecular formula is C14H15ClF2N4O2S. The van der Waals surface area contributed by atoms with E-state index in [0.717, 1.165) is 0 Å². The van der Waals surface area contributed by atoms with Crippen LogP contribution in [0.15, 0.2) is 29.7 Å². The number of hydrogen-bond donors (Lipinski definition) is 1. The van der Waals surface area contributed by atoms with E-state index >= 15 is 0 Å². The first-order valence-corrected chi connectivity index (χ1v) is 8.29. The first-order valence-electron chi connectivity index (χ1n) is 6.93. The minimum absolute atomic E-state index is 0.0136. The summed E-state index contributed by atoms with van der Waals surface area (Å²) in [5, 5.41) is 11.0. The lowest BCUT2D eigenvalue weighted by molar-refractivity contribution is -0.113. The van der Waals surface area contributed by atoms with E-state index in [1.165, 1.54) is 30.0 Å². The van der Waals surface area contributed by atoms with E-state index in [1.807, 2.05) is 18.4 Å². The Kier molecular flexibility index (Phi) is 6.38. The Morgan fingerprint density at radius 1 is 1.46 bits per heavy atom. The van der Waals surface area contributed by atoms with Gasteiger partial charge in [0.25, 0.3) is 0 Å². The molecule has 1 amide bonds. The highest BCUT2D eigenvalue weighted by Crippen LogP contribution is 2.29. The van der Waals surface area contributed by atoms with Crippen molar-refractivity contribution < 1.29 is 18.3 Å². The first kappa shape index (κ1) is 18.5. The molecule has 0 spiro atoms. The summed E-state index contributed by atoms with van der Waals surface area (Å²) in [4.78, 5) is 12.0. The maximum Gasteiger partial charge on any atom is 0.387 e. The Bertz CT molecular complexity index is 712. The van der Waals surface area contributed by atoms with Crippen molar-refractivity contribution in [1.29, 1.82) is 0 Å². The van der Waals surface area contributed by atoms with E-state index in [1.54, 1.807) is 6.33 Å². The van der Waals surface area contributed by atoms with E-state index < -0.39 is 6.61 Å². The number of rotatable bonds is 7. The van der Waals surface area contributed by atoms with E-state index in [9.17, 15) is 13.6 Å². The Hall–Kier alpha value is -1.87. The molecule has 2 aromatic rings. The summed E-state index contributed by atoms with van der Waals surface area (Å²) >= 11 is 7.08. The van der Waals surface area contributed by atoms with Gasteiger partial charge in [-0.2, -0.15) is 8.78 Å². The minimum Gasteiger partial charge on any atom is -0.433 e. The number of thioether (sulfide) groups is 1. The lowest BCUT2D eigenvalue weighted by Crippen LogP contribution is -2.15. The van der Waals surface area contributed by atoms with E-state index in [2.05, 4.69) is 20.3 Å². The second-order valence-electron chi connectivity index (χ2n) is 4.98. The molecule has 1 aromatic carbocycles. The topological polar surface area (TPSA) is 69.0 Å². The average molecular weight is 377 g/mol. The van der Waals surface area contributed by atoms with Gasteiger partial charge in [-0.05, 0) is 32.0 Å². The molecular weight excluding hydrogens is 362 g/mol. The van der Waals surface area contributed by atoms with Crippen LogP contribution in [0, 0.1) is 0 Å². The van der Waals surface area contributed by atoms with Crippen LogP contribution < -0.4 is 10.1 Å². The lowest BCUT2D eigenvalue weighted by Gasteiger charge is -2.10. The maximum atomic E-state index is 12.2. The van der Waals surface area contributed by atoms with Gasteiger partial charge in [0.1, 0.15) is 12.1 Å². The number of alkyl halides is 2. The number of nitrogens with zero attached hydrogens (tertiary/aromatic N) is 3. The van der Waals surface area contributed by atoms with Crippen LogP contribution in [0.3, 0.4) is 0 Å². The number of halogens is 3. The van der Waals surface area contributed by atoms with Crippen LogP contribution in [0.2, 0.25) is 5.02 Å². The van der Waals surface area contributed by atoms with Crippen molar-refractivity contribution >= 4 is 35.0 Å². The largest absolute Gasteiger partial charge is 0.433 e. The third kappa shape index (κ3) is 5.07. The Morgan fingerprint density at radius 2 is 2.21 bits per heavy atom. The molecule has 24 heavy (non-hydrogen) atoms. The summed E-state index contributed by atoms with van der Waals surface area (Å²) < 4.78 is 30.4. The molecule has 0 bridgehead atoms. The average Bonchev–Trinajstić information content (AvgIpc) is 2.96. The van der Waals surface area contributed by atoms with Gasteiger partial charge in [-0.1, -0.05) is 23.4 Å². The first-order chi connectivity index (χ1) is 11.4. The van der Waals surface area contributed by atoms with Crippen LogP contribution in [0.1, 0.15) is 19.9 Å². The number of aromatic nitrogens is 3. The Morgan fingerprint density at radius 3 is 2.83 bits per heavy atom. The molecule has 130 valence electrons. The minimum atomic E-state index is -2.96. The molecule has 10 heteroatoms. The molecule has 2 rings (SSSR count). The molecule has 0 aliphatic heterocycles. The second-order valence-corrected chi connectivity index (χ2v) is 6.32. The summed E-state index contributed by atoms with van der Waals surface area (Å²) in [6.45, 7) is 1.01. The fourth-order valence-electron chi connectivity index (χ4n) is 1.79. The third-order valence-corrected chi connectivity index (χ3v) is 4.11. The standard InChI is InChI=1S/C14H15ClF2N4O2S/c1-8(2)21-7-18-20-14(21)24-6-12(22)19-9-3-4-11(10(15)5-9)23-13(16)17/h3-5,7-8,13H,6H2,1-2H3,(H,19,22). The van der Waals surface area contributed by atoms with Crippen LogP contribution in [-0.2, 0) is 4.79 Å². The molecule has 6 nitrogen and oxygen atoms in total. The van der Waals surface area contributed by atoms with E-state index in [4.69, 9.17) is 11.6 Å². The summed E-state index contributed by atoms with van der Waals surface area (Å²) in [6, 6.07) is 4.24. The zero-order chi connectivity index (χ0) is 17.7. The highest BCUT2D eigenvalue weighted by atomic mass is 35.5. The fourth-order valence-corrected chi connectivity index (χ4v) is 2.86. The van der Waals surface area contributed by atoms with Gasteiger partial charge in [-0.3, -0.25) is 4.79 Å². The fraction of sp³-hybridized carbons (Fsp3) is 0.357. The smallest absolute Gasteiger partial charge is 0.387 e. The third-order valence-electron chi connectivity index (χ3n) is 2.86. The summed E-state index contributed by atoms with van der Waals surface area (Å²) in [5.74, 6) is -0.306. The van der Waals surface area contributed by atoms with Gasteiger partial charge in [0.2, 0.25) is 5.91 Å². The number of carbonyl (C=O) groups excluding carboxylic acids is 1. The predicted molar refractivity (Wildman–Crippen MR) is 87.8 cm³/mol. The molecule has 1 heterocycles. The normalized spacial score (nSPS) is 11.1. The zero-order valence-corrected chi connectivity index (χ0v) is 14.4. The molecule has 1 aromatic heterocycles.